The molecule has 0 aromatic carbocycles. The minimum Gasteiger partial charge on any atom is -0.361 e. The van der Waals surface area contributed by atoms with Crippen LogP contribution >= 0.6 is 0 Å². The van der Waals surface area contributed by atoms with Crippen molar-refractivity contribution in [2.24, 2.45) is 0 Å². The molecule has 2 amide bonds. The molecule has 54 heavy (non-hydrogen) atoms. The van der Waals surface area contributed by atoms with Crippen LogP contribution in [0.15, 0.2) is 0 Å². The lowest BCUT2D eigenvalue weighted by Gasteiger charge is -2.36. The number of hydrogen-bond donors (Lipinski definition) is 0. The Balaban J connectivity index is 5.98. The second kappa shape index (κ2) is 35.8. The Kier molecular flexibility index (Phi) is 34.7. The molecule has 1 unspecified atom stereocenters. The lowest BCUT2D eigenvalue weighted by molar-refractivity contribution is -0.583. The minimum absolute atomic E-state index is 0.0610. The molecule has 0 rings (SSSR count). The van der Waals surface area contributed by atoms with E-state index in [1.165, 1.54) is 83.5 Å². The van der Waals surface area contributed by atoms with Crippen LogP contribution in [0.4, 0.5) is 4.79 Å². The molecular weight excluding hydrogens is 677 g/mol. The molecule has 0 heterocycles. The Morgan fingerprint density at radius 3 is 1.46 bits per heavy atom. The van der Waals surface area contributed by atoms with E-state index < -0.39 is 0 Å². The van der Waals surface area contributed by atoms with E-state index in [-0.39, 0.29) is 25.6 Å². The second-order valence-electron chi connectivity index (χ2n) is 16.2. The zero-order chi connectivity index (χ0) is 40.4. The van der Waals surface area contributed by atoms with Crippen LogP contribution in [0.5, 0.6) is 0 Å². The summed E-state index contributed by atoms with van der Waals surface area (Å²) < 4.78 is 16.8. The average Bonchev–Trinajstić information content (AvgIpc) is 3.14. The van der Waals surface area contributed by atoms with Crippen LogP contribution < -0.4 is 0 Å². The topological polar surface area (TPSA) is 61.0 Å². The molecule has 0 N–H and O–H groups in total. The first kappa shape index (κ1) is 52.4. The zero-order valence-corrected chi connectivity index (χ0v) is 37.5. The number of unbranched alkanes of at least 4 members (excludes halogenated alkanes) is 14. The van der Waals surface area contributed by atoms with Gasteiger partial charge in [-0.25, -0.2) is 13.9 Å². The Hall–Kier alpha value is -1.63. The van der Waals surface area contributed by atoms with E-state index in [1.54, 1.807) is 0 Å². The van der Waals surface area contributed by atoms with E-state index in [4.69, 9.17) is 9.47 Å². The third-order valence-corrected chi connectivity index (χ3v) is 10.1. The summed E-state index contributed by atoms with van der Waals surface area (Å²) >= 11 is 0. The van der Waals surface area contributed by atoms with Crippen molar-refractivity contribution in [1.82, 2.24) is 29.4 Å². The van der Waals surface area contributed by atoms with Crippen molar-refractivity contribution in [1.29, 1.82) is 0 Å². The number of likely N-dealkylation sites (N-methyl/N-ethyl adjacent to an activating group) is 2. The Morgan fingerprint density at radius 2 is 1.00 bits per heavy atom. The number of carbonyl (C=O) groups is 1. The average molecular weight is 769 g/mol. The quantitative estimate of drug-likeness (QED) is 0.0275. The molecule has 0 saturated heterocycles. The van der Waals surface area contributed by atoms with Crippen molar-refractivity contribution >= 4 is 19.5 Å². The van der Waals surface area contributed by atoms with Gasteiger partial charge in [-0.05, 0) is 61.8 Å². The predicted molar refractivity (Wildman–Crippen MR) is 231 cm³/mol. The van der Waals surface area contributed by atoms with Gasteiger partial charge in [0.1, 0.15) is 40.0 Å². The van der Waals surface area contributed by atoms with Gasteiger partial charge in [-0.15, -0.1) is 0 Å². The molecule has 0 aromatic heterocycles. The molecule has 0 aliphatic heterocycles. The van der Waals surface area contributed by atoms with Gasteiger partial charge in [0, 0.05) is 32.8 Å². The lowest BCUT2D eigenvalue weighted by Crippen LogP contribution is -2.54. The van der Waals surface area contributed by atoms with Crippen LogP contribution in [0.2, 0.25) is 0 Å². The molecule has 320 valence electrons. The monoisotopic (exact) mass is 769 g/mol. The van der Waals surface area contributed by atoms with Crippen molar-refractivity contribution in [2.45, 2.75) is 150 Å². The number of urea groups is 1. The number of hydrogen-bond acceptors (Lipinski definition) is 7. The summed E-state index contributed by atoms with van der Waals surface area (Å²) in [5.41, 5.74) is 0. The minimum atomic E-state index is -0.0610. The number of nitrogens with zero attached hydrogens (tertiary/aromatic N) is 8. The van der Waals surface area contributed by atoms with Crippen molar-refractivity contribution in [3.05, 3.63) is 0 Å². The van der Waals surface area contributed by atoms with Gasteiger partial charge in [0.05, 0.1) is 19.4 Å². The molecule has 11 heteroatoms. The maximum Gasteiger partial charge on any atom is 0.325 e. The summed E-state index contributed by atoms with van der Waals surface area (Å²) in [5, 5.41) is 0. The first-order valence-corrected chi connectivity index (χ1v) is 22.0. The van der Waals surface area contributed by atoms with Crippen LogP contribution in [-0.4, -0.2) is 178 Å². The third kappa shape index (κ3) is 30.6. The fraction of sp³-hybridized carbons (Fsp3) is 0.930. The Bertz CT molecular complexity index is 876. The van der Waals surface area contributed by atoms with Crippen molar-refractivity contribution in [3.63, 3.8) is 0 Å². The third-order valence-electron chi connectivity index (χ3n) is 10.1. The second-order valence-corrected chi connectivity index (χ2v) is 16.2. The van der Waals surface area contributed by atoms with Gasteiger partial charge in [0.25, 0.3) is 0 Å². The van der Waals surface area contributed by atoms with E-state index in [0.29, 0.717) is 33.3 Å². The Morgan fingerprint density at radius 1 is 0.574 bits per heavy atom. The molecule has 1 atom stereocenters. The first-order chi connectivity index (χ1) is 26.0. The van der Waals surface area contributed by atoms with Gasteiger partial charge in [0.2, 0.25) is 13.3 Å². The standard InChI is InChI=1S/C43H92N8O3/c1-12-16-18-20-22-23-25-27-29-35-53-40-50(39-49(36-46(10)14-3)37-47(11)15-4)43(52)51(38-48(33-31-44(6)7)34-32-45(8)9)41-54-42(5)30-28-26-24-21-19-17-13-2/h42H,10-41H2,1-9H3/q+2. The highest BCUT2D eigenvalue weighted by atomic mass is 16.5. The normalized spacial score (nSPS) is 12.4. The van der Waals surface area contributed by atoms with Gasteiger partial charge >= 0.3 is 6.03 Å². The molecular formula is C43H92N8O3+2. The van der Waals surface area contributed by atoms with Crippen LogP contribution in [0.25, 0.3) is 0 Å². The fourth-order valence-electron chi connectivity index (χ4n) is 6.21. The predicted octanol–water partition coefficient (Wildman–Crippen LogP) is 7.74. The van der Waals surface area contributed by atoms with Crippen LogP contribution in [0, 0.1) is 0 Å². The largest absolute Gasteiger partial charge is 0.361 e. The van der Waals surface area contributed by atoms with E-state index in [2.05, 4.69) is 95.8 Å². The molecule has 0 saturated carbocycles. The highest BCUT2D eigenvalue weighted by molar-refractivity contribution is 5.74. The fourth-order valence-corrected chi connectivity index (χ4v) is 6.21. The molecule has 0 aliphatic rings. The van der Waals surface area contributed by atoms with Crippen molar-refractivity contribution < 1.29 is 23.4 Å². The molecule has 0 aliphatic carbocycles. The highest BCUT2D eigenvalue weighted by Gasteiger charge is 2.28. The van der Waals surface area contributed by atoms with Crippen LogP contribution in [0.1, 0.15) is 144 Å². The number of ether oxygens (including phenoxy) is 2. The van der Waals surface area contributed by atoms with Crippen molar-refractivity contribution in [2.75, 3.05) is 114 Å². The summed E-state index contributed by atoms with van der Waals surface area (Å²) in [6, 6.07) is -0.0610. The first-order valence-electron chi connectivity index (χ1n) is 22.0. The maximum atomic E-state index is 14.8. The molecule has 0 bridgehead atoms. The molecule has 0 radical (unpaired) electrons. The van der Waals surface area contributed by atoms with E-state index in [0.717, 1.165) is 65.0 Å². The molecule has 0 fully saturated rings. The van der Waals surface area contributed by atoms with Gasteiger partial charge < -0.3 is 19.3 Å². The zero-order valence-electron chi connectivity index (χ0n) is 37.5. The number of amides is 2. The Labute approximate surface area is 335 Å². The summed E-state index contributed by atoms with van der Waals surface area (Å²) in [6.07, 6.45) is 21.5. The number of carbonyl (C=O) groups excluding carboxylic acids is 1. The van der Waals surface area contributed by atoms with Crippen LogP contribution in [-0.2, 0) is 9.47 Å². The van der Waals surface area contributed by atoms with E-state index in [9.17, 15) is 4.79 Å². The van der Waals surface area contributed by atoms with Gasteiger partial charge in [-0.1, -0.05) is 110 Å². The highest BCUT2D eigenvalue weighted by Crippen LogP contribution is 2.14. The lowest BCUT2D eigenvalue weighted by atomic mass is 10.1. The van der Waals surface area contributed by atoms with Gasteiger partial charge in [-0.3, -0.25) is 14.7 Å². The summed E-state index contributed by atoms with van der Waals surface area (Å²) in [4.78, 5) is 27.5. The molecule has 11 nitrogen and oxygen atoms in total. The summed E-state index contributed by atoms with van der Waals surface area (Å²) in [5.74, 6) is 0. The summed E-state index contributed by atoms with van der Waals surface area (Å²) in [7, 11) is 8.42. The maximum absolute atomic E-state index is 14.8. The smallest absolute Gasteiger partial charge is 0.325 e. The number of rotatable bonds is 39. The van der Waals surface area contributed by atoms with Gasteiger partial charge in [0.15, 0.2) is 0 Å². The molecule has 0 spiro atoms. The van der Waals surface area contributed by atoms with Crippen molar-refractivity contribution in [3.8, 4) is 0 Å². The van der Waals surface area contributed by atoms with Gasteiger partial charge in [-0.2, -0.15) is 4.90 Å². The SMILES string of the molecule is C=[N+](CC)CN(CN(COCCCCCCCCCCC)C(=O)N(COC(C)CCCCCCCCC)CN(CCN(C)C)CCN(C)C)C[N+](=C)CC. The van der Waals surface area contributed by atoms with E-state index in [1.807, 2.05) is 19.0 Å². The van der Waals surface area contributed by atoms with E-state index >= 15 is 0 Å². The molecule has 0 aromatic rings. The van der Waals surface area contributed by atoms with Crippen LogP contribution in [0.3, 0.4) is 0 Å². The summed E-state index contributed by atoms with van der Waals surface area (Å²) in [6.45, 7) is 27.8.